The van der Waals surface area contributed by atoms with Crippen LogP contribution in [0.2, 0.25) is 0 Å². The highest BCUT2D eigenvalue weighted by Crippen LogP contribution is 2.19. The minimum absolute atomic E-state index is 0.266. The molecule has 2 aromatic rings. The molecule has 0 aromatic heterocycles. The number of hydrogen-bond acceptors (Lipinski definition) is 4. The van der Waals surface area contributed by atoms with Gasteiger partial charge in [-0.2, -0.15) is 0 Å². The Bertz CT molecular complexity index is 736. The van der Waals surface area contributed by atoms with Gasteiger partial charge in [0.05, 0.1) is 17.6 Å². The van der Waals surface area contributed by atoms with Gasteiger partial charge in [-0.1, -0.05) is 42.5 Å². The smallest absolute Gasteiger partial charge is 0.338 e. The molecule has 1 aliphatic heterocycles. The van der Waals surface area contributed by atoms with E-state index < -0.39 is 5.54 Å². The largest absolute Gasteiger partial charge is 0.460 e. The van der Waals surface area contributed by atoms with Crippen molar-refractivity contribution in [3.8, 4) is 0 Å². The monoisotopic (exact) mass is 308 g/mol. The van der Waals surface area contributed by atoms with Gasteiger partial charge in [0.2, 0.25) is 0 Å². The molecule has 4 heteroatoms. The van der Waals surface area contributed by atoms with Crippen molar-refractivity contribution in [2.24, 2.45) is 4.99 Å². The molecule has 4 nitrogen and oxygen atoms in total. The standard InChI is InChI=1S/C19H20N2O2/c1-19(2,13-23-18(22)14-8-4-3-5-9-14)21-17-16-11-7-6-10-15(16)12-20-17/h3-11H,12-13H2,1-2H3,(H,20,21). The molecule has 3 rings (SSSR count). The predicted molar refractivity (Wildman–Crippen MR) is 90.6 cm³/mol. The van der Waals surface area contributed by atoms with Crippen LogP contribution in [0.5, 0.6) is 0 Å². The van der Waals surface area contributed by atoms with Crippen LogP contribution in [-0.4, -0.2) is 24.0 Å². The molecule has 1 aliphatic rings. The van der Waals surface area contributed by atoms with Crippen molar-refractivity contribution >= 4 is 11.8 Å². The molecule has 2 aromatic carbocycles. The molecule has 1 heterocycles. The molecule has 0 atom stereocenters. The molecule has 0 bridgehead atoms. The van der Waals surface area contributed by atoms with Gasteiger partial charge in [0.15, 0.2) is 0 Å². The Morgan fingerprint density at radius 1 is 1.13 bits per heavy atom. The molecular formula is C19H20N2O2. The fourth-order valence-corrected chi connectivity index (χ4v) is 2.51. The molecule has 0 spiro atoms. The lowest BCUT2D eigenvalue weighted by Gasteiger charge is -2.27. The first-order valence-corrected chi connectivity index (χ1v) is 7.68. The van der Waals surface area contributed by atoms with E-state index in [9.17, 15) is 4.79 Å². The lowest BCUT2D eigenvalue weighted by Crippen LogP contribution is -2.47. The quantitative estimate of drug-likeness (QED) is 0.883. The lowest BCUT2D eigenvalue weighted by molar-refractivity contribution is 0.0417. The highest BCUT2D eigenvalue weighted by Gasteiger charge is 2.25. The maximum Gasteiger partial charge on any atom is 0.338 e. The van der Waals surface area contributed by atoms with Gasteiger partial charge < -0.3 is 10.1 Å². The van der Waals surface area contributed by atoms with Crippen LogP contribution >= 0.6 is 0 Å². The van der Waals surface area contributed by atoms with Crippen LogP contribution in [0.25, 0.3) is 0 Å². The number of carbonyl (C=O) groups excluding carboxylic acids is 1. The van der Waals surface area contributed by atoms with E-state index in [1.807, 2.05) is 44.2 Å². The number of fused-ring (bicyclic) bond motifs is 1. The van der Waals surface area contributed by atoms with E-state index >= 15 is 0 Å². The van der Waals surface area contributed by atoms with E-state index in [4.69, 9.17) is 4.74 Å². The van der Waals surface area contributed by atoms with Crippen LogP contribution in [0.1, 0.15) is 35.3 Å². The second-order valence-electron chi connectivity index (χ2n) is 6.27. The molecule has 0 radical (unpaired) electrons. The first-order valence-electron chi connectivity index (χ1n) is 7.68. The zero-order valence-electron chi connectivity index (χ0n) is 13.4. The van der Waals surface area contributed by atoms with Gasteiger partial charge in [0, 0.05) is 5.56 Å². The van der Waals surface area contributed by atoms with Crippen LogP contribution in [-0.2, 0) is 11.3 Å². The number of ether oxygens (including phenoxy) is 1. The summed E-state index contributed by atoms with van der Waals surface area (Å²) in [5, 5.41) is 3.39. The number of hydrogen-bond donors (Lipinski definition) is 1. The third-order valence-electron chi connectivity index (χ3n) is 3.71. The lowest BCUT2D eigenvalue weighted by atomic mass is 10.0. The molecule has 0 amide bonds. The third kappa shape index (κ3) is 3.59. The normalized spacial score (nSPS) is 13.2. The summed E-state index contributed by atoms with van der Waals surface area (Å²) in [6.07, 6.45) is 0. The van der Waals surface area contributed by atoms with E-state index in [0.29, 0.717) is 12.1 Å². The van der Waals surface area contributed by atoms with Gasteiger partial charge >= 0.3 is 5.97 Å². The SMILES string of the molecule is CC(C)(COC(=O)c1ccccc1)NC1=NCc2ccccc21. The topological polar surface area (TPSA) is 50.7 Å². The summed E-state index contributed by atoms with van der Waals surface area (Å²) in [5.41, 5.74) is 2.50. The molecule has 0 fully saturated rings. The Kier molecular flexibility index (Phi) is 4.15. The van der Waals surface area contributed by atoms with Crippen molar-refractivity contribution in [3.05, 3.63) is 71.3 Å². The fraction of sp³-hybridized carbons (Fsp3) is 0.263. The Balaban J connectivity index is 1.61. The number of carbonyl (C=O) groups is 1. The Hall–Kier alpha value is -2.62. The van der Waals surface area contributed by atoms with Gasteiger partial charge in [0.1, 0.15) is 12.4 Å². The van der Waals surface area contributed by atoms with Gasteiger partial charge in [-0.3, -0.25) is 4.99 Å². The summed E-state index contributed by atoms with van der Waals surface area (Å²) in [6, 6.07) is 17.2. The maximum absolute atomic E-state index is 12.0. The molecule has 118 valence electrons. The maximum atomic E-state index is 12.0. The minimum Gasteiger partial charge on any atom is -0.460 e. The van der Waals surface area contributed by atoms with Crippen LogP contribution in [0.3, 0.4) is 0 Å². The molecule has 0 unspecified atom stereocenters. The van der Waals surface area contributed by atoms with Gasteiger partial charge in [-0.25, -0.2) is 4.79 Å². The number of rotatable bonds is 4. The second kappa shape index (κ2) is 6.24. The van der Waals surface area contributed by atoms with Crippen LogP contribution in [0.4, 0.5) is 0 Å². The van der Waals surface area contributed by atoms with Crippen molar-refractivity contribution in [2.45, 2.75) is 25.9 Å². The Morgan fingerprint density at radius 2 is 1.83 bits per heavy atom. The number of esters is 1. The van der Waals surface area contributed by atoms with Crippen LogP contribution in [0, 0.1) is 0 Å². The van der Waals surface area contributed by atoms with Gasteiger partial charge in [-0.05, 0) is 31.5 Å². The number of nitrogens with zero attached hydrogens (tertiary/aromatic N) is 1. The van der Waals surface area contributed by atoms with Gasteiger partial charge in [-0.15, -0.1) is 0 Å². The first kappa shape index (κ1) is 15.3. The molecular weight excluding hydrogens is 288 g/mol. The summed E-state index contributed by atoms with van der Waals surface area (Å²) in [6.45, 7) is 4.95. The third-order valence-corrected chi connectivity index (χ3v) is 3.71. The zero-order chi connectivity index (χ0) is 16.3. The van der Waals surface area contributed by atoms with Crippen molar-refractivity contribution < 1.29 is 9.53 Å². The predicted octanol–water partition coefficient (Wildman–Crippen LogP) is 3.17. The summed E-state index contributed by atoms with van der Waals surface area (Å²) in [4.78, 5) is 16.6. The van der Waals surface area contributed by atoms with Gasteiger partial charge in [0.25, 0.3) is 0 Å². The average Bonchev–Trinajstić information content (AvgIpc) is 2.96. The zero-order valence-corrected chi connectivity index (χ0v) is 13.4. The Morgan fingerprint density at radius 3 is 2.61 bits per heavy atom. The number of amidine groups is 1. The summed E-state index contributed by atoms with van der Waals surface area (Å²) >= 11 is 0. The van der Waals surface area contributed by atoms with Crippen molar-refractivity contribution in [1.82, 2.24) is 5.32 Å². The van der Waals surface area contributed by atoms with E-state index in [0.717, 1.165) is 11.4 Å². The number of aliphatic imine (C=N–C) groups is 1. The average molecular weight is 308 g/mol. The van der Waals surface area contributed by atoms with Crippen LogP contribution in [0.15, 0.2) is 59.6 Å². The minimum atomic E-state index is -0.402. The van der Waals surface area contributed by atoms with E-state index in [1.165, 1.54) is 5.56 Å². The molecule has 23 heavy (non-hydrogen) atoms. The molecule has 0 saturated carbocycles. The summed E-state index contributed by atoms with van der Waals surface area (Å²) in [7, 11) is 0. The van der Waals surface area contributed by atoms with E-state index in [2.05, 4.69) is 22.4 Å². The van der Waals surface area contributed by atoms with Crippen molar-refractivity contribution in [1.29, 1.82) is 0 Å². The van der Waals surface area contributed by atoms with Crippen molar-refractivity contribution in [2.75, 3.05) is 6.61 Å². The van der Waals surface area contributed by atoms with E-state index in [1.54, 1.807) is 12.1 Å². The Labute approximate surface area is 136 Å². The molecule has 0 saturated heterocycles. The first-order chi connectivity index (χ1) is 11.1. The molecule has 0 aliphatic carbocycles. The number of benzene rings is 2. The highest BCUT2D eigenvalue weighted by molar-refractivity contribution is 6.02. The second-order valence-corrected chi connectivity index (χ2v) is 6.27. The fourth-order valence-electron chi connectivity index (χ4n) is 2.51. The van der Waals surface area contributed by atoms with E-state index in [-0.39, 0.29) is 12.6 Å². The summed E-state index contributed by atoms with van der Waals surface area (Å²) < 4.78 is 5.43. The van der Waals surface area contributed by atoms with Crippen molar-refractivity contribution in [3.63, 3.8) is 0 Å². The summed E-state index contributed by atoms with van der Waals surface area (Å²) in [5.74, 6) is 0.551. The van der Waals surface area contributed by atoms with Crippen LogP contribution < -0.4 is 5.32 Å². The molecule has 1 N–H and O–H groups in total. The highest BCUT2D eigenvalue weighted by atomic mass is 16.5. The number of nitrogens with one attached hydrogen (secondary N) is 1.